The normalized spacial score (nSPS) is 14.9. The van der Waals surface area contributed by atoms with Gasteiger partial charge in [-0.15, -0.1) is 0 Å². The molecule has 1 aliphatic rings. The van der Waals surface area contributed by atoms with Crippen molar-refractivity contribution in [3.63, 3.8) is 0 Å². The molecule has 0 atom stereocenters. The molecule has 1 aliphatic heterocycles. The molecule has 1 heterocycles. The number of amides is 1. The van der Waals surface area contributed by atoms with E-state index in [0.29, 0.717) is 18.9 Å². The van der Waals surface area contributed by atoms with Gasteiger partial charge in [0.15, 0.2) is 0 Å². The average Bonchev–Trinajstić information content (AvgIpc) is 2.68. The molecule has 1 amide bonds. The molecule has 0 radical (unpaired) electrons. The van der Waals surface area contributed by atoms with Gasteiger partial charge < -0.3 is 9.64 Å². The number of benzene rings is 2. The molecule has 3 rings (SSSR count). The van der Waals surface area contributed by atoms with Gasteiger partial charge in [-0.3, -0.25) is 4.79 Å². The summed E-state index contributed by atoms with van der Waals surface area (Å²) in [4.78, 5) is 14.7. The lowest BCUT2D eigenvalue weighted by Gasteiger charge is -2.30. The van der Waals surface area contributed by atoms with Gasteiger partial charge >= 0.3 is 0 Å². The maximum atomic E-state index is 12.7. The lowest BCUT2D eigenvalue weighted by molar-refractivity contribution is -0.131. The number of likely N-dealkylation sites (tertiary alicyclic amines) is 1. The number of rotatable bonds is 6. The summed E-state index contributed by atoms with van der Waals surface area (Å²) in [5.74, 6) is 1.67. The van der Waals surface area contributed by atoms with Gasteiger partial charge in [-0.25, -0.2) is 0 Å². The van der Waals surface area contributed by atoms with Crippen molar-refractivity contribution in [2.45, 2.75) is 32.8 Å². The number of piperidine rings is 1. The van der Waals surface area contributed by atoms with E-state index in [4.69, 9.17) is 4.74 Å². The van der Waals surface area contributed by atoms with Crippen molar-refractivity contribution in [2.75, 3.05) is 13.1 Å². The molecule has 0 bridgehead atoms. The standard InChI is InChI=1S/C23H27NO2/c1-3-19-9-10-22(26-17-20-7-5-4-6-8-20)21(15-19)16-23(25)24-13-11-18(2)12-14-24/h3-10,15,18H,1,11-14,16-17H2,2H3. The molecule has 26 heavy (non-hydrogen) atoms. The second-order valence-electron chi connectivity index (χ2n) is 7.09. The summed E-state index contributed by atoms with van der Waals surface area (Å²) >= 11 is 0. The highest BCUT2D eigenvalue weighted by molar-refractivity contribution is 5.80. The van der Waals surface area contributed by atoms with Gasteiger partial charge in [0.2, 0.25) is 5.91 Å². The first-order chi connectivity index (χ1) is 12.7. The second-order valence-corrected chi connectivity index (χ2v) is 7.09. The molecule has 0 N–H and O–H groups in total. The molecule has 0 aliphatic carbocycles. The topological polar surface area (TPSA) is 29.5 Å². The SMILES string of the molecule is C=Cc1ccc(OCc2ccccc2)c(CC(=O)N2CCC(C)CC2)c1. The molecule has 2 aromatic carbocycles. The Bertz CT molecular complexity index is 746. The molecule has 1 saturated heterocycles. The third-order valence-corrected chi connectivity index (χ3v) is 5.04. The van der Waals surface area contributed by atoms with Crippen LogP contribution in [0, 0.1) is 5.92 Å². The Morgan fingerprint density at radius 3 is 2.62 bits per heavy atom. The van der Waals surface area contributed by atoms with E-state index >= 15 is 0 Å². The van der Waals surface area contributed by atoms with E-state index in [-0.39, 0.29) is 5.91 Å². The van der Waals surface area contributed by atoms with Crippen molar-refractivity contribution >= 4 is 12.0 Å². The van der Waals surface area contributed by atoms with Crippen molar-refractivity contribution in [3.05, 3.63) is 71.8 Å². The van der Waals surface area contributed by atoms with Crippen LogP contribution in [0.4, 0.5) is 0 Å². The number of nitrogens with zero attached hydrogens (tertiary/aromatic N) is 1. The van der Waals surface area contributed by atoms with Crippen molar-refractivity contribution in [1.29, 1.82) is 0 Å². The summed E-state index contributed by atoms with van der Waals surface area (Å²) in [5.41, 5.74) is 3.05. The third kappa shape index (κ3) is 4.75. The Morgan fingerprint density at radius 2 is 1.92 bits per heavy atom. The zero-order valence-corrected chi connectivity index (χ0v) is 15.5. The monoisotopic (exact) mass is 349 g/mol. The molecule has 0 aromatic heterocycles. The molecule has 1 fully saturated rings. The van der Waals surface area contributed by atoms with E-state index < -0.39 is 0 Å². The largest absolute Gasteiger partial charge is 0.489 e. The van der Waals surface area contributed by atoms with Gasteiger partial charge in [-0.1, -0.05) is 56.0 Å². The highest BCUT2D eigenvalue weighted by Gasteiger charge is 2.21. The van der Waals surface area contributed by atoms with Crippen molar-refractivity contribution in [3.8, 4) is 5.75 Å². The summed E-state index contributed by atoms with van der Waals surface area (Å²) in [6.45, 7) is 8.31. The Kier molecular flexibility index (Phi) is 6.11. The van der Waals surface area contributed by atoms with Crippen molar-refractivity contribution in [1.82, 2.24) is 4.90 Å². The molecule has 3 nitrogen and oxygen atoms in total. The zero-order valence-electron chi connectivity index (χ0n) is 15.5. The minimum absolute atomic E-state index is 0.183. The van der Waals surface area contributed by atoms with Crippen LogP contribution in [0.2, 0.25) is 0 Å². The quantitative estimate of drug-likeness (QED) is 0.756. The number of hydrogen-bond acceptors (Lipinski definition) is 2. The van der Waals surface area contributed by atoms with E-state index in [1.165, 1.54) is 0 Å². The van der Waals surface area contributed by atoms with Crippen molar-refractivity contribution in [2.24, 2.45) is 5.92 Å². The number of carbonyl (C=O) groups is 1. The predicted octanol–water partition coefficient (Wildman–Crippen LogP) is 4.71. The molecule has 0 spiro atoms. The lowest BCUT2D eigenvalue weighted by Crippen LogP contribution is -2.38. The van der Waals surface area contributed by atoms with Crippen LogP contribution in [0.15, 0.2) is 55.1 Å². The fourth-order valence-corrected chi connectivity index (χ4v) is 3.27. The van der Waals surface area contributed by atoms with Gasteiger partial charge in [-0.05, 0) is 42.0 Å². The van der Waals surface area contributed by atoms with Crippen LogP contribution in [0.3, 0.4) is 0 Å². The van der Waals surface area contributed by atoms with Gasteiger partial charge in [0.25, 0.3) is 0 Å². The summed E-state index contributed by atoms with van der Waals surface area (Å²) < 4.78 is 6.02. The van der Waals surface area contributed by atoms with Crippen LogP contribution in [0.5, 0.6) is 5.75 Å². The van der Waals surface area contributed by atoms with E-state index in [1.54, 1.807) is 6.08 Å². The molecular formula is C23H27NO2. The Hall–Kier alpha value is -2.55. The molecule has 0 unspecified atom stereocenters. The Morgan fingerprint density at radius 1 is 1.19 bits per heavy atom. The number of hydrogen-bond donors (Lipinski definition) is 0. The van der Waals surface area contributed by atoms with Crippen LogP contribution in [-0.4, -0.2) is 23.9 Å². The summed E-state index contributed by atoms with van der Waals surface area (Å²) in [7, 11) is 0. The lowest BCUT2D eigenvalue weighted by atomic mass is 9.98. The zero-order chi connectivity index (χ0) is 18.4. The summed E-state index contributed by atoms with van der Waals surface area (Å²) in [5, 5.41) is 0. The van der Waals surface area contributed by atoms with Crippen LogP contribution >= 0.6 is 0 Å². The first-order valence-corrected chi connectivity index (χ1v) is 9.35. The van der Waals surface area contributed by atoms with Crippen LogP contribution in [0.25, 0.3) is 6.08 Å². The van der Waals surface area contributed by atoms with Gasteiger partial charge in [-0.2, -0.15) is 0 Å². The first-order valence-electron chi connectivity index (χ1n) is 9.35. The maximum absolute atomic E-state index is 12.7. The predicted molar refractivity (Wildman–Crippen MR) is 106 cm³/mol. The fourth-order valence-electron chi connectivity index (χ4n) is 3.27. The van der Waals surface area contributed by atoms with E-state index in [0.717, 1.165) is 48.4 Å². The van der Waals surface area contributed by atoms with Gasteiger partial charge in [0.1, 0.15) is 12.4 Å². The minimum atomic E-state index is 0.183. The smallest absolute Gasteiger partial charge is 0.227 e. The fraction of sp³-hybridized carbons (Fsp3) is 0.348. The molecule has 136 valence electrons. The highest BCUT2D eigenvalue weighted by atomic mass is 16.5. The number of carbonyl (C=O) groups excluding carboxylic acids is 1. The highest BCUT2D eigenvalue weighted by Crippen LogP contribution is 2.24. The van der Waals surface area contributed by atoms with Crippen LogP contribution in [-0.2, 0) is 17.8 Å². The Balaban J connectivity index is 1.71. The van der Waals surface area contributed by atoms with Gasteiger partial charge in [0.05, 0.1) is 6.42 Å². The first kappa shape index (κ1) is 18.2. The van der Waals surface area contributed by atoms with Crippen molar-refractivity contribution < 1.29 is 9.53 Å². The molecular weight excluding hydrogens is 322 g/mol. The molecule has 3 heteroatoms. The van der Waals surface area contributed by atoms with Gasteiger partial charge in [0, 0.05) is 18.7 Å². The van der Waals surface area contributed by atoms with E-state index in [1.807, 2.05) is 53.4 Å². The average molecular weight is 349 g/mol. The Labute approximate surface area is 156 Å². The van der Waals surface area contributed by atoms with E-state index in [2.05, 4.69) is 13.5 Å². The summed E-state index contributed by atoms with van der Waals surface area (Å²) in [6.07, 6.45) is 4.36. The van der Waals surface area contributed by atoms with Crippen LogP contribution < -0.4 is 4.74 Å². The summed E-state index contributed by atoms with van der Waals surface area (Å²) in [6, 6.07) is 16.0. The maximum Gasteiger partial charge on any atom is 0.227 e. The molecule has 2 aromatic rings. The minimum Gasteiger partial charge on any atom is -0.489 e. The van der Waals surface area contributed by atoms with Crippen LogP contribution in [0.1, 0.15) is 36.5 Å². The van der Waals surface area contributed by atoms with E-state index in [9.17, 15) is 4.79 Å². The molecule has 0 saturated carbocycles. The number of ether oxygens (including phenoxy) is 1. The third-order valence-electron chi connectivity index (χ3n) is 5.04. The second kappa shape index (κ2) is 8.70.